The highest BCUT2D eigenvalue weighted by Gasteiger charge is 2.28. The predicted octanol–water partition coefficient (Wildman–Crippen LogP) is 10.4. The molecule has 0 fully saturated rings. The molecule has 0 heterocycles. The van der Waals surface area contributed by atoms with Gasteiger partial charge in [0.15, 0.2) is 6.10 Å². The normalized spacial score (nSPS) is 14.8. The SMILES string of the molecule is CCCCCCCCCCCCCCCCCC(=O)OC[C@H](COP(=O)(O)OC[C@H](N)C(=O)O)OC(=O)CCC/C=C\C/C=C\C/C=C\C/C=C\[C@H](O)CCCC. The summed E-state index contributed by atoms with van der Waals surface area (Å²) in [6.07, 6.45) is 39.4. The van der Waals surface area contributed by atoms with E-state index in [2.05, 4.69) is 42.7 Å². The van der Waals surface area contributed by atoms with Gasteiger partial charge >= 0.3 is 25.7 Å². The average molecular weight is 828 g/mol. The van der Waals surface area contributed by atoms with Gasteiger partial charge in [0, 0.05) is 12.8 Å². The average Bonchev–Trinajstić information content (AvgIpc) is 3.18. The summed E-state index contributed by atoms with van der Waals surface area (Å²) in [7, 11) is -4.74. The number of ether oxygens (including phenoxy) is 2. The second-order valence-electron chi connectivity index (χ2n) is 14.7. The van der Waals surface area contributed by atoms with Crippen LogP contribution >= 0.6 is 7.82 Å². The molecule has 5 N–H and O–H groups in total. The number of aliphatic carboxylic acids is 1. The van der Waals surface area contributed by atoms with Crippen molar-refractivity contribution in [3.8, 4) is 0 Å². The number of aliphatic hydroxyl groups is 1. The number of nitrogens with two attached hydrogens (primary N) is 1. The Balaban J connectivity index is 4.49. The van der Waals surface area contributed by atoms with Crippen LogP contribution < -0.4 is 5.73 Å². The summed E-state index contributed by atoms with van der Waals surface area (Å²) in [5.74, 6) is -2.48. The van der Waals surface area contributed by atoms with Crippen LogP contribution in [0.5, 0.6) is 0 Å². The van der Waals surface area contributed by atoms with Gasteiger partial charge in [0.05, 0.1) is 19.3 Å². The number of carboxylic acid groups (broad SMARTS) is 1. The lowest BCUT2D eigenvalue weighted by Crippen LogP contribution is -2.34. The van der Waals surface area contributed by atoms with Crippen LogP contribution in [0.3, 0.4) is 0 Å². The number of carbonyl (C=O) groups is 3. The number of phosphoric ester groups is 1. The summed E-state index contributed by atoms with van der Waals surface area (Å²) in [6, 6.07) is -1.54. The molecule has 0 spiro atoms. The number of hydrogen-bond acceptors (Lipinski definition) is 10. The number of phosphoric acid groups is 1. The largest absolute Gasteiger partial charge is 0.480 e. The summed E-state index contributed by atoms with van der Waals surface area (Å²) >= 11 is 0. The van der Waals surface area contributed by atoms with Crippen molar-refractivity contribution < 1.29 is 52.6 Å². The molecule has 13 heteroatoms. The van der Waals surface area contributed by atoms with Gasteiger partial charge in [-0.1, -0.05) is 165 Å². The highest BCUT2D eigenvalue weighted by Crippen LogP contribution is 2.43. The highest BCUT2D eigenvalue weighted by molar-refractivity contribution is 7.47. The molecule has 0 aliphatic carbocycles. The Morgan fingerprint density at radius 3 is 1.63 bits per heavy atom. The molecule has 0 bridgehead atoms. The molecule has 0 saturated carbocycles. The van der Waals surface area contributed by atoms with E-state index in [-0.39, 0.29) is 25.6 Å². The molecular weight excluding hydrogens is 749 g/mol. The molecule has 0 rings (SSSR count). The lowest BCUT2D eigenvalue weighted by Gasteiger charge is -2.20. The summed E-state index contributed by atoms with van der Waals surface area (Å²) < 4.78 is 32.6. The molecule has 4 atom stereocenters. The van der Waals surface area contributed by atoms with Gasteiger partial charge in [-0.05, 0) is 44.9 Å². The molecule has 0 aromatic carbocycles. The molecule has 0 saturated heterocycles. The van der Waals surface area contributed by atoms with E-state index in [1.165, 1.54) is 70.6 Å². The molecule has 0 aliphatic heterocycles. The lowest BCUT2D eigenvalue weighted by atomic mass is 10.0. The summed E-state index contributed by atoms with van der Waals surface area (Å²) in [6.45, 7) is 2.59. The number of rotatable bonds is 40. The molecule has 0 aliphatic rings. The topological polar surface area (TPSA) is 192 Å². The Hall–Kier alpha value is -2.60. The van der Waals surface area contributed by atoms with Crippen LogP contribution in [0, 0.1) is 0 Å². The summed E-state index contributed by atoms with van der Waals surface area (Å²) in [5.41, 5.74) is 5.32. The highest BCUT2D eigenvalue weighted by atomic mass is 31.2. The Morgan fingerprint density at radius 2 is 1.09 bits per heavy atom. The van der Waals surface area contributed by atoms with E-state index >= 15 is 0 Å². The third-order valence-corrected chi connectivity index (χ3v) is 10.1. The van der Waals surface area contributed by atoms with Crippen molar-refractivity contribution in [3.05, 3.63) is 48.6 Å². The fourth-order valence-corrected chi connectivity index (χ4v) is 6.44. The molecule has 0 radical (unpaired) electrons. The van der Waals surface area contributed by atoms with Crippen molar-refractivity contribution in [1.29, 1.82) is 0 Å². The van der Waals surface area contributed by atoms with E-state index in [1.54, 1.807) is 0 Å². The molecule has 0 aromatic rings. The number of allylic oxidation sites excluding steroid dienone is 7. The molecule has 1 unspecified atom stereocenters. The van der Waals surface area contributed by atoms with Crippen molar-refractivity contribution in [3.63, 3.8) is 0 Å². The first-order valence-corrected chi connectivity index (χ1v) is 23.2. The van der Waals surface area contributed by atoms with E-state index in [0.29, 0.717) is 19.3 Å². The van der Waals surface area contributed by atoms with E-state index < -0.39 is 51.1 Å². The van der Waals surface area contributed by atoms with E-state index in [0.717, 1.165) is 57.8 Å². The smallest absolute Gasteiger partial charge is 0.472 e. The number of carboxylic acids is 1. The van der Waals surface area contributed by atoms with Gasteiger partial charge in [0.25, 0.3) is 0 Å². The van der Waals surface area contributed by atoms with Gasteiger partial charge in [0.1, 0.15) is 12.6 Å². The predicted molar refractivity (Wildman–Crippen MR) is 228 cm³/mol. The van der Waals surface area contributed by atoms with Crippen molar-refractivity contribution in [2.75, 3.05) is 19.8 Å². The van der Waals surface area contributed by atoms with Crippen LogP contribution in [0.25, 0.3) is 0 Å². The van der Waals surface area contributed by atoms with Gasteiger partial charge in [-0.3, -0.25) is 23.4 Å². The minimum absolute atomic E-state index is 0.0688. The standard InChI is InChI=1S/C44H78NO11P/c1-3-5-7-8-9-10-11-12-13-14-18-21-24-27-30-34-42(47)53-36-40(37-54-57(51,52)55-38-41(45)44(49)50)56-43(48)35-31-28-25-22-19-16-15-17-20-23-26-29-33-39(46)32-6-4-2/h15-16,20,22-23,25,29,33,39-41,46H,3-14,17-19,21,24,26-28,30-32,34-38,45H2,1-2H3,(H,49,50)(H,51,52)/b16-15-,23-20-,25-22-,33-29-/t39-,40-,41+/m1/s1. The summed E-state index contributed by atoms with van der Waals surface area (Å²) in [4.78, 5) is 45.9. The molecular formula is C44H78NO11P. The Kier molecular flexibility index (Phi) is 37.1. The van der Waals surface area contributed by atoms with Crippen molar-refractivity contribution in [2.24, 2.45) is 5.73 Å². The fourth-order valence-electron chi connectivity index (χ4n) is 5.66. The van der Waals surface area contributed by atoms with Gasteiger partial charge in [-0.25, -0.2) is 4.57 Å². The van der Waals surface area contributed by atoms with Crippen molar-refractivity contribution in [2.45, 2.75) is 193 Å². The number of unbranched alkanes of at least 4 members (excludes halogenated alkanes) is 16. The molecule has 12 nitrogen and oxygen atoms in total. The van der Waals surface area contributed by atoms with E-state index in [9.17, 15) is 28.9 Å². The number of esters is 2. The summed E-state index contributed by atoms with van der Waals surface area (Å²) in [5, 5.41) is 18.7. The van der Waals surface area contributed by atoms with Gasteiger partial charge in [0.2, 0.25) is 0 Å². The number of carbonyl (C=O) groups excluding carboxylic acids is 2. The Bertz CT molecular complexity index is 1170. The van der Waals surface area contributed by atoms with Crippen LogP contribution in [0.4, 0.5) is 0 Å². The van der Waals surface area contributed by atoms with Gasteiger partial charge < -0.3 is 30.3 Å². The van der Waals surface area contributed by atoms with Crippen LogP contribution in [0.15, 0.2) is 48.6 Å². The second-order valence-corrected chi connectivity index (χ2v) is 16.1. The van der Waals surface area contributed by atoms with E-state index in [1.807, 2.05) is 24.3 Å². The van der Waals surface area contributed by atoms with Gasteiger partial charge in [-0.15, -0.1) is 0 Å². The minimum Gasteiger partial charge on any atom is -0.480 e. The zero-order valence-electron chi connectivity index (χ0n) is 35.3. The van der Waals surface area contributed by atoms with Crippen LogP contribution in [-0.2, 0) is 37.5 Å². The van der Waals surface area contributed by atoms with Crippen molar-refractivity contribution >= 4 is 25.7 Å². The number of aliphatic hydroxyl groups excluding tert-OH is 1. The van der Waals surface area contributed by atoms with Gasteiger partial charge in [-0.2, -0.15) is 0 Å². The second kappa shape index (κ2) is 38.9. The molecule has 0 aromatic heterocycles. The Morgan fingerprint density at radius 1 is 0.614 bits per heavy atom. The first kappa shape index (κ1) is 54.4. The fraction of sp³-hybridized carbons (Fsp3) is 0.750. The van der Waals surface area contributed by atoms with Crippen LogP contribution in [0.2, 0.25) is 0 Å². The van der Waals surface area contributed by atoms with Crippen molar-refractivity contribution in [1.82, 2.24) is 0 Å². The maximum absolute atomic E-state index is 12.6. The maximum Gasteiger partial charge on any atom is 0.472 e. The molecule has 0 amide bonds. The third-order valence-electron chi connectivity index (χ3n) is 9.15. The molecule has 57 heavy (non-hydrogen) atoms. The third kappa shape index (κ3) is 38.7. The maximum atomic E-state index is 12.6. The monoisotopic (exact) mass is 828 g/mol. The zero-order valence-corrected chi connectivity index (χ0v) is 36.2. The van der Waals surface area contributed by atoms with Crippen LogP contribution in [0.1, 0.15) is 174 Å². The minimum atomic E-state index is -4.74. The first-order chi connectivity index (χ1) is 27.5. The quantitative estimate of drug-likeness (QED) is 0.0198. The van der Waals surface area contributed by atoms with Crippen LogP contribution in [-0.4, -0.2) is 71.1 Å². The number of hydrogen-bond donors (Lipinski definition) is 4. The van der Waals surface area contributed by atoms with E-state index in [4.69, 9.17) is 24.8 Å². The first-order valence-electron chi connectivity index (χ1n) is 21.8. The molecule has 330 valence electrons. The zero-order chi connectivity index (χ0) is 42.2. The lowest BCUT2D eigenvalue weighted by molar-refractivity contribution is -0.161. The Labute approximate surface area is 344 Å².